The zero-order chi connectivity index (χ0) is 9.14. The molecule has 0 aromatic heterocycles. The van der Waals surface area contributed by atoms with Gasteiger partial charge in [-0.3, -0.25) is 0 Å². The van der Waals surface area contributed by atoms with Crippen molar-refractivity contribution in [3.05, 3.63) is 10.6 Å². The molecule has 0 amide bonds. The molecule has 0 saturated carbocycles. The van der Waals surface area contributed by atoms with Crippen molar-refractivity contribution in [3.63, 3.8) is 0 Å². The van der Waals surface area contributed by atoms with Gasteiger partial charge in [-0.2, -0.15) is 0 Å². The SMILES string of the molecule is COC1C=C(Br)C(C)CC1OC. The van der Waals surface area contributed by atoms with Crippen molar-refractivity contribution >= 4 is 15.9 Å². The van der Waals surface area contributed by atoms with Gasteiger partial charge in [-0.15, -0.1) is 0 Å². The van der Waals surface area contributed by atoms with Crippen LogP contribution in [-0.4, -0.2) is 26.4 Å². The van der Waals surface area contributed by atoms with Crippen LogP contribution in [0.2, 0.25) is 0 Å². The number of hydrogen-bond donors (Lipinski definition) is 0. The summed E-state index contributed by atoms with van der Waals surface area (Å²) in [6.45, 7) is 2.18. The van der Waals surface area contributed by atoms with Crippen LogP contribution in [0.25, 0.3) is 0 Å². The zero-order valence-corrected chi connectivity index (χ0v) is 9.30. The largest absolute Gasteiger partial charge is 0.378 e. The summed E-state index contributed by atoms with van der Waals surface area (Å²) in [5.74, 6) is 0.543. The third-order valence-corrected chi connectivity index (χ3v) is 3.37. The lowest BCUT2D eigenvalue weighted by Crippen LogP contribution is -2.33. The quantitative estimate of drug-likeness (QED) is 0.731. The Bertz CT molecular complexity index is 179. The van der Waals surface area contributed by atoms with Crippen molar-refractivity contribution in [1.29, 1.82) is 0 Å². The molecule has 1 aliphatic rings. The molecule has 0 aliphatic heterocycles. The van der Waals surface area contributed by atoms with E-state index in [0.29, 0.717) is 5.92 Å². The highest BCUT2D eigenvalue weighted by atomic mass is 79.9. The average molecular weight is 235 g/mol. The molecule has 3 unspecified atom stereocenters. The Hall–Kier alpha value is 0.140. The highest BCUT2D eigenvalue weighted by molar-refractivity contribution is 9.11. The second kappa shape index (κ2) is 4.40. The first-order chi connectivity index (χ1) is 5.69. The monoisotopic (exact) mass is 234 g/mol. The summed E-state index contributed by atoms with van der Waals surface area (Å²) < 4.78 is 11.8. The van der Waals surface area contributed by atoms with E-state index in [1.54, 1.807) is 14.2 Å². The Labute approximate surface area is 82.1 Å². The lowest BCUT2D eigenvalue weighted by atomic mass is 9.93. The van der Waals surface area contributed by atoms with Gasteiger partial charge in [-0.05, 0) is 22.9 Å². The Morgan fingerprint density at radius 2 is 2.08 bits per heavy atom. The number of methoxy groups -OCH3 is 2. The molecule has 0 aromatic rings. The maximum atomic E-state index is 5.32. The van der Waals surface area contributed by atoms with Crippen LogP contribution in [0.4, 0.5) is 0 Å². The smallest absolute Gasteiger partial charge is 0.102 e. The van der Waals surface area contributed by atoms with Gasteiger partial charge in [0.1, 0.15) is 6.10 Å². The normalized spacial score (nSPS) is 36.3. The van der Waals surface area contributed by atoms with E-state index in [1.807, 2.05) is 0 Å². The summed E-state index contributed by atoms with van der Waals surface area (Å²) >= 11 is 3.52. The molecular weight excluding hydrogens is 220 g/mol. The Morgan fingerprint density at radius 1 is 1.42 bits per heavy atom. The third kappa shape index (κ3) is 2.09. The van der Waals surface area contributed by atoms with Crippen molar-refractivity contribution in [1.82, 2.24) is 0 Å². The standard InChI is InChI=1S/C9H15BrO2/c1-6-4-8(11-2)9(12-3)5-7(6)10/h5-6,8-9H,4H2,1-3H3. The van der Waals surface area contributed by atoms with Crippen molar-refractivity contribution in [2.75, 3.05) is 14.2 Å². The number of rotatable bonds is 2. The molecular formula is C9H15BrO2. The fourth-order valence-electron chi connectivity index (χ4n) is 1.47. The first kappa shape index (κ1) is 10.2. The zero-order valence-electron chi connectivity index (χ0n) is 7.71. The second-order valence-electron chi connectivity index (χ2n) is 3.16. The first-order valence-electron chi connectivity index (χ1n) is 4.11. The van der Waals surface area contributed by atoms with E-state index < -0.39 is 0 Å². The van der Waals surface area contributed by atoms with Gasteiger partial charge in [0.2, 0.25) is 0 Å². The molecule has 0 N–H and O–H groups in total. The van der Waals surface area contributed by atoms with E-state index in [-0.39, 0.29) is 12.2 Å². The highest BCUT2D eigenvalue weighted by Gasteiger charge is 2.27. The minimum atomic E-state index is 0.0978. The predicted molar refractivity (Wildman–Crippen MR) is 52.4 cm³/mol. The minimum Gasteiger partial charge on any atom is -0.378 e. The second-order valence-corrected chi connectivity index (χ2v) is 4.08. The van der Waals surface area contributed by atoms with Crippen molar-refractivity contribution < 1.29 is 9.47 Å². The lowest BCUT2D eigenvalue weighted by molar-refractivity contribution is -0.0255. The molecule has 70 valence electrons. The summed E-state index contributed by atoms with van der Waals surface area (Å²) in [4.78, 5) is 0. The van der Waals surface area contributed by atoms with Gasteiger partial charge < -0.3 is 9.47 Å². The molecule has 2 nitrogen and oxygen atoms in total. The molecule has 0 fully saturated rings. The molecule has 0 saturated heterocycles. The van der Waals surface area contributed by atoms with Crippen LogP contribution < -0.4 is 0 Å². The van der Waals surface area contributed by atoms with Crippen LogP contribution in [0.5, 0.6) is 0 Å². The van der Waals surface area contributed by atoms with Crippen LogP contribution >= 0.6 is 15.9 Å². The summed E-state index contributed by atoms with van der Waals surface area (Å²) in [5.41, 5.74) is 0. The van der Waals surface area contributed by atoms with E-state index in [2.05, 4.69) is 28.9 Å². The number of ether oxygens (including phenoxy) is 2. The molecule has 0 heterocycles. The summed E-state index contributed by atoms with van der Waals surface area (Å²) in [7, 11) is 3.44. The van der Waals surface area contributed by atoms with Crippen molar-refractivity contribution in [3.8, 4) is 0 Å². The first-order valence-corrected chi connectivity index (χ1v) is 4.91. The topological polar surface area (TPSA) is 18.5 Å². The number of halogens is 1. The summed E-state index contributed by atoms with van der Waals surface area (Å²) in [6, 6.07) is 0. The van der Waals surface area contributed by atoms with Gasteiger partial charge in [-0.1, -0.05) is 22.9 Å². The van der Waals surface area contributed by atoms with Gasteiger partial charge in [0.15, 0.2) is 0 Å². The van der Waals surface area contributed by atoms with Crippen molar-refractivity contribution in [2.45, 2.75) is 25.6 Å². The van der Waals surface area contributed by atoms with Crippen LogP contribution in [0, 0.1) is 5.92 Å². The van der Waals surface area contributed by atoms with E-state index in [1.165, 1.54) is 4.48 Å². The van der Waals surface area contributed by atoms with Crippen LogP contribution in [0.15, 0.2) is 10.6 Å². The van der Waals surface area contributed by atoms with Gasteiger partial charge in [0.05, 0.1) is 6.10 Å². The fraction of sp³-hybridized carbons (Fsp3) is 0.778. The lowest BCUT2D eigenvalue weighted by Gasteiger charge is -2.30. The van der Waals surface area contributed by atoms with Gasteiger partial charge in [0.25, 0.3) is 0 Å². The molecule has 3 atom stereocenters. The van der Waals surface area contributed by atoms with E-state index in [0.717, 1.165) is 6.42 Å². The minimum absolute atomic E-state index is 0.0978. The average Bonchev–Trinajstić information content (AvgIpc) is 2.09. The molecule has 0 aromatic carbocycles. The fourth-order valence-corrected chi connectivity index (χ4v) is 1.92. The molecule has 3 heteroatoms. The molecule has 1 rings (SSSR count). The summed E-state index contributed by atoms with van der Waals surface area (Å²) in [6.07, 6.45) is 3.40. The Morgan fingerprint density at radius 3 is 2.58 bits per heavy atom. The Kier molecular flexibility index (Phi) is 3.75. The van der Waals surface area contributed by atoms with Crippen LogP contribution in [0.1, 0.15) is 13.3 Å². The van der Waals surface area contributed by atoms with E-state index in [9.17, 15) is 0 Å². The highest BCUT2D eigenvalue weighted by Crippen LogP contribution is 2.31. The van der Waals surface area contributed by atoms with Gasteiger partial charge >= 0.3 is 0 Å². The Balaban J connectivity index is 2.70. The van der Waals surface area contributed by atoms with Gasteiger partial charge in [0, 0.05) is 14.2 Å². The van der Waals surface area contributed by atoms with E-state index >= 15 is 0 Å². The third-order valence-electron chi connectivity index (χ3n) is 2.32. The molecule has 1 aliphatic carbocycles. The van der Waals surface area contributed by atoms with Gasteiger partial charge in [-0.25, -0.2) is 0 Å². The predicted octanol–water partition coefficient (Wildman–Crippen LogP) is 2.33. The van der Waals surface area contributed by atoms with Crippen LogP contribution in [0.3, 0.4) is 0 Å². The summed E-state index contributed by atoms with van der Waals surface area (Å²) in [5, 5.41) is 0. The maximum Gasteiger partial charge on any atom is 0.102 e. The number of hydrogen-bond acceptors (Lipinski definition) is 2. The van der Waals surface area contributed by atoms with E-state index in [4.69, 9.17) is 9.47 Å². The molecule has 0 spiro atoms. The van der Waals surface area contributed by atoms with Crippen LogP contribution in [-0.2, 0) is 9.47 Å². The molecule has 0 bridgehead atoms. The number of allylic oxidation sites excluding steroid dienone is 1. The molecule has 12 heavy (non-hydrogen) atoms. The van der Waals surface area contributed by atoms with Crippen molar-refractivity contribution in [2.24, 2.45) is 5.92 Å². The molecule has 0 radical (unpaired) electrons. The maximum absolute atomic E-state index is 5.32.